The second-order valence-corrected chi connectivity index (χ2v) is 5.05. The van der Waals surface area contributed by atoms with Crippen LogP contribution in [0, 0.1) is 0 Å². The summed E-state index contributed by atoms with van der Waals surface area (Å²) in [5.41, 5.74) is 1.14. The molecule has 1 aliphatic rings. The Balaban J connectivity index is 2.10. The molecule has 0 amide bonds. The Kier molecular flexibility index (Phi) is 2.78. The number of fused-ring (bicyclic) bond motifs is 1. The number of ether oxygens (including phenoxy) is 1. The van der Waals surface area contributed by atoms with E-state index in [0.717, 1.165) is 18.9 Å². The number of hydrogen-bond donors (Lipinski definition) is 1. The number of hydrogen-bond acceptors (Lipinski definition) is 5. The van der Waals surface area contributed by atoms with Gasteiger partial charge in [0.05, 0.1) is 12.2 Å². The van der Waals surface area contributed by atoms with E-state index in [1.54, 1.807) is 7.05 Å². The monoisotopic (exact) mass is 263 g/mol. The average Bonchev–Trinajstić information content (AvgIpc) is 2.64. The van der Waals surface area contributed by atoms with Crippen molar-refractivity contribution in [3.05, 3.63) is 16.8 Å². The molecular weight excluding hydrogens is 246 g/mol. The molecule has 0 aromatic carbocycles. The quantitative estimate of drug-likeness (QED) is 0.799. The maximum Gasteiger partial charge on any atom is 0.327 e. The zero-order valence-electron chi connectivity index (χ0n) is 11.3. The molecule has 2 atom stereocenters. The zero-order valence-corrected chi connectivity index (χ0v) is 11.3. The predicted molar refractivity (Wildman–Crippen MR) is 71.4 cm³/mol. The minimum Gasteiger partial charge on any atom is -0.372 e. The Morgan fingerprint density at radius 3 is 2.68 bits per heavy atom. The molecular formula is C12H17N5O2. The van der Waals surface area contributed by atoms with Crippen LogP contribution in [-0.4, -0.2) is 44.8 Å². The molecule has 102 valence electrons. The first-order valence-electron chi connectivity index (χ1n) is 6.36. The summed E-state index contributed by atoms with van der Waals surface area (Å²) in [5.74, 6) is 0.768. The van der Waals surface area contributed by atoms with Crippen molar-refractivity contribution in [1.29, 1.82) is 0 Å². The van der Waals surface area contributed by atoms with Crippen LogP contribution in [0.5, 0.6) is 0 Å². The molecule has 1 saturated heterocycles. The minimum absolute atomic E-state index is 0.143. The molecule has 1 fully saturated rings. The molecule has 0 saturated carbocycles. The fraction of sp³-hybridized carbons (Fsp3) is 0.583. The predicted octanol–water partition coefficient (Wildman–Crippen LogP) is 0.270. The SMILES string of the molecule is CC1CN(c2ncnc3c2[nH]c(=O)n3C)CC(C)O1. The topological polar surface area (TPSA) is 76.0 Å². The van der Waals surface area contributed by atoms with E-state index in [9.17, 15) is 4.79 Å². The van der Waals surface area contributed by atoms with Gasteiger partial charge in [-0.25, -0.2) is 14.8 Å². The van der Waals surface area contributed by atoms with Gasteiger partial charge < -0.3 is 14.6 Å². The molecule has 0 aliphatic carbocycles. The molecule has 3 rings (SSSR count). The number of morpholine rings is 1. The van der Waals surface area contributed by atoms with Crippen LogP contribution in [0.3, 0.4) is 0 Å². The van der Waals surface area contributed by atoms with Crippen molar-refractivity contribution >= 4 is 17.0 Å². The lowest BCUT2D eigenvalue weighted by atomic mass is 10.2. The van der Waals surface area contributed by atoms with Gasteiger partial charge in [-0.05, 0) is 13.8 Å². The maximum absolute atomic E-state index is 11.7. The Morgan fingerprint density at radius 1 is 1.32 bits per heavy atom. The number of rotatable bonds is 1. The number of H-pyrrole nitrogens is 1. The summed E-state index contributed by atoms with van der Waals surface area (Å²) in [7, 11) is 1.70. The van der Waals surface area contributed by atoms with Gasteiger partial charge >= 0.3 is 5.69 Å². The van der Waals surface area contributed by atoms with E-state index in [0.29, 0.717) is 11.2 Å². The van der Waals surface area contributed by atoms with Gasteiger partial charge in [-0.1, -0.05) is 0 Å². The van der Waals surface area contributed by atoms with E-state index in [1.165, 1.54) is 10.9 Å². The van der Waals surface area contributed by atoms with E-state index in [4.69, 9.17) is 4.74 Å². The Bertz CT molecular complexity index is 652. The van der Waals surface area contributed by atoms with Crippen LogP contribution >= 0.6 is 0 Å². The maximum atomic E-state index is 11.7. The highest BCUT2D eigenvalue weighted by Gasteiger charge is 2.25. The summed E-state index contributed by atoms with van der Waals surface area (Å²) < 4.78 is 7.21. The largest absolute Gasteiger partial charge is 0.372 e. The van der Waals surface area contributed by atoms with Crippen molar-refractivity contribution in [3.63, 3.8) is 0 Å². The molecule has 0 bridgehead atoms. The van der Waals surface area contributed by atoms with Gasteiger partial charge in [0.1, 0.15) is 11.8 Å². The van der Waals surface area contributed by atoms with Gasteiger partial charge in [-0.2, -0.15) is 0 Å². The highest BCUT2D eigenvalue weighted by molar-refractivity contribution is 5.83. The first-order chi connectivity index (χ1) is 9.06. The van der Waals surface area contributed by atoms with Crippen LogP contribution in [0.15, 0.2) is 11.1 Å². The van der Waals surface area contributed by atoms with Crippen LogP contribution in [0.2, 0.25) is 0 Å². The van der Waals surface area contributed by atoms with Crippen molar-refractivity contribution in [2.45, 2.75) is 26.1 Å². The zero-order chi connectivity index (χ0) is 13.6. The van der Waals surface area contributed by atoms with Crippen molar-refractivity contribution in [3.8, 4) is 0 Å². The molecule has 0 radical (unpaired) electrons. The standard InChI is InChI=1S/C12H17N5O2/c1-7-4-17(5-8(2)19-7)11-9-10(13-6-14-11)16(3)12(18)15-9/h6-8H,4-5H2,1-3H3,(H,15,18). The molecule has 1 aliphatic heterocycles. The normalized spacial score (nSPS) is 24.1. The number of aromatic nitrogens is 4. The number of anilines is 1. The third-order valence-corrected chi connectivity index (χ3v) is 3.38. The molecule has 3 heterocycles. The van der Waals surface area contributed by atoms with Crippen LogP contribution in [0.4, 0.5) is 5.82 Å². The van der Waals surface area contributed by atoms with Crippen LogP contribution in [-0.2, 0) is 11.8 Å². The van der Waals surface area contributed by atoms with Crippen molar-refractivity contribution in [2.24, 2.45) is 7.05 Å². The molecule has 7 nitrogen and oxygen atoms in total. The smallest absolute Gasteiger partial charge is 0.327 e. The lowest BCUT2D eigenvalue weighted by Crippen LogP contribution is -2.46. The van der Waals surface area contributed by atoms with E-state index >= 15 is 0 Å². The molecule has 2 unspecified atom stereocenters. The van der Waals surface area contributed by atoms with E-state index in [1.807, 2.05) is 13.8 Å². The summed E-state index contributed by atoms with van der Waals surface area (Å²) in [6.07, 6.45) is 1.78. The highest BCUT2D eigenvalue weighted by Crippen LogP contribution is 2.23. The Morgan fingerprint density at radius 2 is 2.00 bits per heavy atom. The van der Waals surface area contributed by atoms with E-state index in [2.05, 4.69) is 19.9 Å². The molecule has 0 spiro atoms. The Hall–Kier alpha value is -1.89. The Labute approximate surface area is 110 Å². The summed E-state index contributed by atoms with van der Waals surface area (Å²) in [6, 6.07) is 0. The third-order valence-electron chi connectivity index (χ3n) is 3.38. The van der Waals surface area contributed by atoms with E-state index in [-0.39, 0.29) is 17.9 Å². The van der Waals surface area contributed by atoms with Gasteiger partial charge in [0, 0.05) is 20.1 Å². The third kappa shape index (κ3) is 1.99. The molecule has 2 aromatic rings. The number of nitrogens with zero attached hydrogens (tertiary/aromatic N) is 4. The van der Waals surface area contributed by atoms with Crippen LogP contribution in [0.25, 0.3) is 11.2 Å². The lowest BCUT2D eigenvalue weighted by molar-refractivity contribution is -0.00538. The van der Waals surface area contributed by atoms with Crippen molar-refractivity contribution < 1.29 is 4.74 Å². The van der Waals surface area contributed by atoms with Crippen LogP contribution in [0.1, 0.15) is 13.8 Å². The average molecular weight is 263 g/mol. The number of nitrogens with one attached hydrogen (secondary N) is 1. The van der Waals surface area contributed by atoms with E-state index < -0.39 is 0 Å². The van der Waals surface area contributed by atoms with Gasteiger partial charge in [0.2, 0.25) is 0 Å². The lowest BCUT2D eigenvalue weighted by Gasteiger charge is -2.36. The number of aryl methyl sites for hydroxylation is 1. The van der Waals surface area contributed by atoms with Gasteiger partial charge in [0.15, 0.2) is 11.5 Å². The fourth-order valence-electron chi connectivity index (χ4n) is 2.61. The van der Waals surface area contributed by atoms with Crippen molar-refractivity contribution in [2.75, 3.05) is 18.0 Å². The summed E-state index contributed by atoms with van der Waals surface area (Å²) in [4.78, 5) is 25.1. The van der Waals surface area contributed by atoms with Gasteiger partial charge in [0.25, 0.3) is 0 Å². The summed E-state index contributed by atoms with van der Waals surface area (Å²) in [5, 5.41) is 0. The van der Waals surface area contributed by atoms with Crippen LogP contribution < -0.4 is 10.6 Å². The number of imidazole rings is 1. The van der Waals surface area contributed by atoms with Gasteiger partial charge in [-0.15, -0.1) is 0 Å². The molecule has 19 heavy (non-hydrogen) atoms. The number of aromatic amines is 1. The first kappa shape index (κ1) is 12.2. The fourth-order valence-corrected chi connectivity index (χ4v) is 2.61. The second-order valence-electron chi connectivity index (χ2n) is 5.05. The first-order valence-corrected chi connectivity index (χ1v) is 6.36. The van der Waals surface area contributed by atoms with Gasteiger partial charge in [-0.3, -0.25) is 4.57 Å². The summed E-state index contributed by atoms with van der Waals surface area (Å²) >= 11 is 0. The summed E-state index contributed by atoms with van der Waals surface area (Å²) in [6.45, 7) is 5.59. The molecule has 1 N–H and O–H groups in total. The second kappa shape index (κ2) is 4.34. The molecule has 2 aromatic heterocycles. The molecule has 7 heteroatoms. The highest BCUT2D eigenvalue weighted by atomic mass is 16.5. The van der Waals surface area contributed by atoms with Crippen molar-refractivity contribution in [1.82, 2.24) is 19.5 Å². The minimum atomic E-state index is -0.175.